The molecule has 0 radical (unpaired) electrons. The number of hydrogen-bond donors (Lipinski definition) is 1. The average Bonchev–Trinajstić information content (AvgIpc) is 3.46. The van der Waals surface area contributed by atoms with E-state index in [1.165, 1.54) is 18.1 Å². The Morgan fingerprint density at radius 3 is 2.23 bits per heavy atom. The molecule has 1 aromatic heterocycles. The van der Waals surface area contributed by atoms with E-state index < -0.39 is 23.5 Å². The second kappa shape index (κ2) is 9.82. The lowest BCUT2D eigenvalue weighted by Crippen LogP contribution is -2.31. The first-order valence-corrected chi connectivity index (χ1v) is 12.7. The SMILES string of the molecule is COc1ccc(N2C(=O)C(O)=C(C(=O)c3cc4cc(Cl)cc(OC)c4o3)C2c2ccc(C(C)(C)C)cc2)cc1. The average molecular weight is 546 g/mol. The number of furan rings is 1. The Morgan fingerprint density at radius 1 is 0.974 bits per heavy atom. The number of aliphatic hydroxyl groups is 1. The van der Waals surface area contributed by atoms with Gasteiger partial charge in [0.05, 0.1) is 25.8 Å². The van der Waals surface area contributed by atoms with Gasteiger partial charge in [0, 0.05) is 22.2 Å². The van der Waals surface area contributed by atoms with Crippen LogP contribution in [0.15, 0.2) is 82.5 Å². The van der Waals surface area contributed by atoms with E-state index in [1.54, 1.807) is 43.5 Å². The van der Waals surface area contributed by atoms with Crippen molar-refractivity contribution in [1.82, 2.24) is 0 Å². The lowest BCUT2D eigenvalue weighted by Gasteiger charge is -2.28. The van der Waals surface area contributed by atoms with Crippen LogP contribution in [0.4, 0.5) is 5.69 Å². The van der Waals surface area contributed by atoms with E-state index in [0.29, 0.717) is 38.7 Å². The smallest absolute Gasteiger partial charge is 0.294 e. The number of carbonyl (C=O) groups is 2. The molecule has 1 unspecified atom stereocenters. The molecule has 0 aliphatic carbocycles. The van der Waals surface area contributed by atoms with Crippen LogP contribution in [0.5, 0.6) is 11.5 Å². The van der Waals surface area contributed by atoms with Gasteiger partial charge >= 0.3 is 0 Å². The van der Waals surface area contributed by atoms with Crippen LogP contribution in [0.3, 0.4) is 0 Å². The Morgan fingerprint density at radius 2 is 1.64 bits per heavy atom. The van der Waals surface area contributed by atoms with Crippen molar-refractivity contribution in [2.45, 2.75) is 32.2 Å². The number of nitrogens with zero attached hydrogens (tertiary/aromatic N) is 1. The molecule has 0 spiro atoms. The van der Waals surface area contributed by atoms with Gasteiger partial charge in [-0.15, -0.1) is 0 Å². The summed E-state index contributed by atoms with van der Waals surface area (Å²) < 4.78 is 16.5. The van der Waals surface area contributed by atoms with Gasteiger partial charge in [-0.1, -0.05) is 56.6 Å². The Hall–Kier alpha value is -4.23. The number of halogens is 1. The van der Waals surface area contributed by atoms with Crippen LogP contribution in [-0.4, -0.2) is 31.0 Å². The van der Waals surface area contributed by atoms with Crippen LogP contribution >= 0.6 is 11.6 Å². The number of carbonyl (C=O) groups excluding carboxylic acids is 2. The van der Waals surface area contributed by atoms with Gasteiger partial charge in [0.15, 0.2) is 22.9 Å². The second-order valence-corrected chi connectivity index (χ2v) is 10.8. The normalized spacial score (nSPS) is 15.8. The number of fused-ring (bicyclic) bond motifs is 1. The third-order valence-electron chi connectivity index (χ3n) is 6.89. The fraction of sp³-hybridized carbons (Fsp3) is 0.226. The number of benzene rings is 3. The van der Waals surface area contributed by atoms with Crippen molar-refractivity contribution in [3.63, 3.8) is 0 Å². The maximum Gasteiger partial charge on any atom is 0.294 e. The predicted octanol–water partition coefficient (Wildman–Crippen LogP) is 7.18. The molecule has 1 aliphatic rings. The van der Waals surface area contributed by atoms with Gasteiger partial charge in [0.1, 0.15) is 5.75 Å². The summed E-state index contributed by atoms with van der Waals surface area (Å²) >= 11 is 6.20. The molecule has 0 bridgehead atoms. The fourth-order valence-electron chi connectivity index (χ4n) is 4.81. The first-order chi connectivity index (χ1) is 18.5. The molecular weight excluding hydrogens is 518 g/mol. The molecule has 39 heavy (non-hydrogen) atoms. The molecule has 3 aromatic carbocycles. The number of rotatable bonds is 6. The molecule has 0 fully saturated rings. The number of ether oxygens (including phenoxy) is 2. The zero-order valence-corrected chi connectivity index (χ0v) is 23.0. The Bertz CT molecular complexity index is 1610. The second-order valence-electron chi connectivity index (χ2n) is 10.4. The molecule has 0 saturated carbocycles. The zero-order valence-electron chi connectivity index (χ0n) is 22.2. The van der Waals surface area contributed by atoms with Crippen LogP contribution in [0.25, 0.3) is 11.0 Å². The number of ketones is 1. The third kappa shape index (κ3) is 4.63. The fourth-order valence-corrected chi connectivity index (χ4v) is 5.03. The van der Waals surface area contributed by atoms with Crippen LogP contribution < -0.4 is 14.4 Å². The Balaban J connectivity index is 1.65. The van der Waals surface area contributed by atoms with Crippen molar-refractivity contribution in [1.29, 1.82) is 0 Å². The first kappa shape index (κ1) is 26.4. The number of Topliss-reactive ketones (excluding diaryl/α,β-unsaturated/α-hetero) is 1. The van der Waals surface area contributed by atoms with E-state index in [-0.39, 0.29) is 16.7 Å². The summed E-state index contributed by atoms with van der Waals surface area (Å²) in [5, 5.41) is 12.1. The summed E-state index contributed by atoms with van der Waals surface area (Å²) in [5.74, 6) is -1.01. The molecule has 200 valence electrons. The molecule has 2 heterocycles. The highest BCUT2D eigenvalue weighted by atomic mass is 35.5. The molecule has 1 aliphatic heterocycles. The molecule has 0 saturated heterocycles. The maximum absolute atomic E-state index is 14.0. The van der Waals surface area contributed by atoms with Gasteiger partial charge in [-0.05, 0) is 52.9 Å². The number of amides is 1. The molecule has 8 heteroatoms. The van der Waals surface area contributed by atoms with Gasteiger partial charge in [-0.3, -0.25) is 14.5 Å². The zero-order chi connectivity index (χ0) is 28.1. The molecule has 5 rings (SSSR count). The highest BCUT2D eigenvalue weighted by Crippen LogP contribution is 2.43. The number of methoxy groups -OCH3 is 2. The molecular formula is C31H28ClNO6. The first-order valence-electron chi connectivity index (χ1n) is 12.4. The summed E-state index contributed by atoms with van der Waals surface area (Å²) in [4.78, 5) is 28.9. The number of aliphatic hydroxyl groups excluding tert-OH is 1. The van der Waals surface area contributed by atoms with E-state index in [4.69, 9.17) is 25.5 Å². The lowest BCUT2D eigenvalue weighted by atomic mass is 9.85. The van der Waals surface area contributed by atoms with Crippen molar-refractivity contribution >= 4 is 39.9 Å². The highest BCUT2D eigenvalue weighted by Gasteiger charge is 2.45. The Labute approximate surface area is 231 Å². The molecule has 1 amide bonds. The van der Waals surface area contributed by atoms with Crippen LogP contribution in [0.2, 0.25) is 5.02 Å². The van der Waals surface area contributed by atoms with E-state index >= 15 is 0 Å². The molecule has 4 aromatic rings. The number of anilines is 1. The van der Waals surface area contributed by atoms with Crippen LogP contribution in [0.1, 0.15) is 48.5 Å². The van der Waals surface area contributed by atoms with Crippen molar-refractivity contribution in [3.05, 3.63) is 100.0 Å². The third-order valence-corrected chi connectivity index (χ3v) is 7.10. The van der Waals surface area contributed by atoms with Crippen molar-refractivity contribution in [2.75, 3.05) is 19.1 Å². The summed E-state index contributed by atoms with van der Waals surface area (Å²) in [5.41, 5.74) is 2.42. The maximum atomic E-state index is 14.0. The van der Waals surface area contributed by atoms with Crippen LogP contribution in [0, 0.1) is 0 Å². The minimum absolute atomic E-state index is 0.0483. The molecule has 7 nitrogen and oxygen atoms in total. The standard InChI is InChI=1S/C31H28ClNO6/c1-31(2,3)19-8-6-17(7-9-19)26-25(28(35)30(36)33(26)21-10-12-22(37-4)13-11-21)27(34)23-15-18-14-20(32)16-24(38-5)29(18)39-23/h6-16,26,35H,1-5H3. The minimum atomic E-state index is -0.897. The van der Waals surface area contributed by atoms with Crippen molar-refractivity contribution in [2.24, 2.45) is 0 Å². The quantitative estimate of drug-likeness (QED) is 0.258. The summed E-state index contributed by atoms with van der Waals surface area (Å²) in [6, 6.07) is 18.4. The van der Waals surface area contributed by atoms with Gasteiger partial charge < -0.3 is 19.0 Å². The minimum Gasteiger partial charge on any atom is -0.503 e. The van der Waals surface area contributed by atoms with Crippen molar-refractivity contribution < 1.29 is 28.6 Å². The van der Waals surface area contributed by atoms with Gasteiger partial charge in [0.2, 0.25) is 5.78 Å². The molecule has 1 atom stereocenters. The summed E-state index contributed by atoms with van der Waals surface area (Å²) in [6.07, 6.45) is 0. The van der Waals surface area contributed by atoms with E-state index in [2.05, 4.69) is 20.8 Å². The number of hydrogen-bond acceptors (Lipinski definition) is 6. The summed E-state index contributed by atoms with van der Waals surface area (Å²) in [7, 11) is 3.03. The van der Waals surface area contributed by atoms with Crippen molar-refractivity contribution in [3.8, 4) is 11.5 Å². The van der Waals surface area contributed by atoms with Crippen LogP contribution in [-0.2, 0) is 10.2 Å². The highest BCUT2D eigenvalue weighted by molar-refractivity contribution is 6.31. The lowest BCUT2D eigenvalue weighted by molar-refractivity contribution is -0.117. The van der Waals surface area contributed by atoms with Gasteiger partial charge in [-0.25, -0.2) is 0 Å². The topological polar surface area (TPSA) is 89.2 Å². The van der Waals surface area contributed by atoms with Gasteiger partial charge in [0.25, 0.3) is 5.91 Å². The van der Waals surface area contributed by atoms with E-state index in [0.717, 1.165) is 5.56 Å². The molecule has 1 N–H and O–H groups in total. The van der Waals surface area contributed by atoms with E-state index in [9.17, 15) is 14.7 Å². The van der Waals surface area contributed by atoms with E-state index in [1.807, 2.05) is 24.3 Å². The largest absolute Gasteiger partial charge is 0.503 e. The summed E-state index contributed by atoms with van der Waals surface area (Å²) in [6.45, 7) is 6.31. The monoisotopic (exact) mass is 545 g/mol. The van der Waals surface area contributed by atoms with Gasteiger partial charge in [-0.2, -0.15) is 0 Å². The Kier molecular flexibility index (Phi) is 6.64. The predicted molar refractivity (Wildman–Crippen MR) is 150 cm³/mol.